The van der Waals surface area contributed by atoms with E-state index < -0.39 is 20.0 Å². The summed E-state index contributed by atoms with van der Waals surface area (Å²) in [6.07, 6.45) is 0. The Morgan fingerprint density at radius 3 is 1.03 bits per heavy atom. The first-order valence-electron chi connectivity index (χ1n) is 9.70. The van der Waals surface area contributed by atoms with Gasteiger partial charge >= 0.3 is 0 Å². The summed E-state index contributed by atoms with van der Waals surface area (Å²) in [5.41, 5.74) is 2.50. The van der Waals surface area contributed by atoms with Crippen LogP contribution >= 0.6 is 0 Å². The Hall–Kier alpha value is -3.62. The lowest BCUT2D eigenvalue weighted by Gasteiger charge is -2.10. The van der Waals surface area contributed by atoms with Crippen LogP contribution < -0.4 is 9.44 Å². The molecule has 0 bridgehead atoms. The van der Waals surface area contributed by atoms with Crippen LogP contribution in [0, 0.1) is 0 Å². The van der Waals surface area contributed by atoms with Crippen molar-refractivity contribution < 1.29 is 16.8 Å². The molecule has 0 saturated heterocycles. The first-order chi connectivity index (χ1) is 15.3. The molecule has 0 fully saturated rings. The molecule has 0 aliphatic rings. The molecule has 0 aliphatic heterocycles. The third-order valence-corrected chi connectivity index (χ3v) is 7.51. The molecule has 32 heavy (non-hydrogen) atoms. The molecule has 0 radical (unpaired) electrons. The maximum absolute atomic E-state index is 12.6. The fourth-order valence-corrected chi connectivity index (χ4v) is 5.21. The highest BCUT2D eigenvalue weighted by atomic mass is 32.2. The van der Waals surface area contributed by atoms with Gasteiger partial charge in [-0.25, -0.2) is 16.8 Å². The second-order valence-electron chi connectivity index (χ2n) is 6.99. The fraction of sp³-hybridized carbons (Fsp3) is 0. The number of rotatable bonds is 7. The SMILES string of the molecule is O=S(=O)(Nc1ccccc1)c1ccc(-c2ccc(S(=O)(=O)Nc3ccccc3)cc2)cc1. The largest absolute Gasteiger partial charge is 0.280 e. The van der Waals surface area contributed by atoms with Gasteiger partial charge in [0.25, 0.3) is 20.0 Å². The smallest absolute Gasteiger partial charge is 0.261 e. The molecule has 162 valence electrons. The molecule has 0 atom stereocenters. The summed E-state index contributed by atoms with van der Waals surface area (Å²) in [4.78, 5) is 0.271. The lowest BCUT2D eigenvalue weighted by atomic mass is 10.1. The molecule has 4 aromatic carbocycles. The molecule has 8 heteroatoms. The summed E-state index contributed by atoms with van der Waals surface area (Å²) in [6, 6.07) is 30.1. The number of hydrogen-bond donors (Lipinski definition) is 2. The summed E-state index contributed by atoms with van der Waals surface area (Å²) in [7, 11) is -7.41. The van der Waals surface area contributed by atoms with E-state index in [0.717, 1.165) is 11.1 Å². The predicted molar refractivity (Wildman–Crippen MR) is 126 cm³/mol. The van der Waals surface area contributed by atoms with Crippen molar-refractivity contribution in [3.63, 3.8) is 0 Å². The standard InChI is InChI=1S/C24H20N2O4S2/c27-31(28,25-21-7-3-1-4-8-21)23-15-11-19(12-16-23)20-13-17-24(18-14-20)32(29,30)26-22-9-5-2-6-10-22/h1-18,25-26H. The van der Waals surface area contributed by atoms with Crippen molar-refractivity contribution in [1.29, 1.82) is 0 Å². The van der Waals surface area contributed by atoms with Gasteiger partial charge in [-0.15, -0.1) is 0 Å². The quantitative estimate of drug-likeness (QED) is 0.405. The molecule has 0 heterocycles. The van der Waals surface area contributed by atoms with Crippen molar-refractivity contribution in [2.45, 2.75) is 9.79 Å². The van der Waals surface area contributed by atoms with Gasteiger partial charge in [-0.05, 0) is 59.7 Å². The van der Waals surface area contributed by atoms with Gasteiger partial charge in [-0.1, -0.05) is 60.7 Å². The average Bonchev–Trinajstić information content (AvgIpc) is 2.80. The van der Waals surface area contributed by atoms with E-state index in [-0.39, 0.29) is 9.79 Å². The molecular weight excluding hydrogens is 444 g/mol. The van der Waals surface area contributed by atoms with Crippen LogP contribution in [0.2, 0.25) is 0 Å². The molecular formula is C24H20N2O4S2. The van der Waals surface area contributed by atoms with Gasteiger partial charge in [0, 0.05) is 11.4 Å². The van der Waals surface area contributed by atoms with Gasteiger partial charge in [-0.3, -0.25) is 9.44 Å². The Bertz CT molecular complexity index is 1290. The fourth-order valence-electron chi connectivity index (χ4n) is 3.09. The van der Waals surface area contributed by atoms with Crippen molar-refractivity contribution in [2.24, 2.45) is 0 Å². The molecule has 4 rings (SSSR count). The first-order valence-corrected chi connectivity index (χ1v) is 12.7. The molecule has 0 aromatic heterocycles. The maximum Gasteiger partial charge on any atom is 0.261 e. The Kier molecular flexibility index (Phi) is 5.98. The van der Waals surface area contributed by atoms with Crippen LogP contribution in [-0.2, 0) is 20.0 Å². The predicted octanol–water partition coefficient (Wildman–Crippen LogP) is 4.96. The summed E-state index contributed by atoms with van der Waals surface area (Å²) in [5, 5.41) is 0. The number of para-hydroxylation sites is 2. The number of anilines is 2. The number of benzene rings is 4. The zero-order valence-electron chi connectivity index (χ0n) is 16.8. The van der Waals surface area contributed by atoms with Crippen molar-refractivity contribution in [3.8, 4) is 11.1 Å². The minimum Gasteiger partial charge on any atom is -0.280 e. The molecule has 2 N–H and O–H groups in total. The van der Waals surface area contributed by atoms with Crippen LogP contribution in [0.15, 0.2) is 119 Å². The summed E-state index contributed by atoms with van der Waals surface area (Å²) in [6.45, 7) is 0. The van der Waals surface area contributed by atoms with E-state index in [4.69, 9.17) is 0 Å². The van der Waals surface area contributed by atoms with E-state index in [1.54, 1.807) is 84.9 Å². The molecule has 0 amide bonds. The van der Waals surface area contributed by atoms with Crippen molar-refractivity contribution >= 4 is 31.4 Å². The number of hydrogen-bond acceptors (Lipinski definition) is 4. The van der Waals surface area contributed by atoms with E-state index in [9.17, 15) is 16.8 Å². The van der Waals surface area contributed by atoms with E-state index in [0.29, 0.717) is 11.4 Å². The van der Waals surface area contributed by atoms with Crippen LogP contribution in [0.5, 0.6) is 0 Å². The van der Waals surface area contributed by atoms with Crippen molar-refractivity contribution in [2.75, 3.05) is 9.44 Å². The molecule has 0 aliphatic carbocycles. The van der Waals surface area contributed by atoms with E-state index in [1.807, 2.05) is 0 Å². The van der Waals surface area contributed by atoms with Crippen LogP contribution in [0.1, 0.15) is 0 Å². The van der Waals surface area contributed by atoms with Gasteiger partial charge in [-0.2, -0.15) is 0 Å². The van der Waals surface area contributed by atoms with Gasteiger partial charge in [0.05, 0.1) is 9.79 Å². The van der Waals surface area contributed by atoms with E-state index in [1.165, 1.54) is 24.3 Å². The second kappa shape index (κ2) is 8.86. The molecule has 0 spiro atoms. The third-order valence-electron chi connectivity index (χ3n) is 4.71. The summed E-state index contributed by atoms with van der Waals surface area (Å²) < 4.78 is 55.4. The molecule has 6 nitrogen and oxygen atoms in total. The Labute approximate surface area is 187 Å². The molecule has 4 aromatic rings. The first kappa shape index (κ1) is 21.6. The molecule has 0 saturated carbocycles. The summed E-state index contributed by atoms with van der Waals surface area (Å²) >= 11 is 0. The zero-order chi connectivity index (χ0) is 22.6. The van der Waals surface area contributed by atoms with E-state index in [2.05, 4.69) is 9.44 Å². The second-order valence-corrected chi connectivity index (χ2v) is 10.4. The average molecular weight is 465 g/mol. The molecule has 0 unspecified atom stereocenters. The lowest BCUT2D eigenvalue weighted by Crippen LogP contribution is -2.13. The van der Waals surface area contributed by atoms with Gasteiger partial charge in [0.1, 0.15) is 0 Å². The third kappa shape index (κ3) is 4.99. The highest BCUT2D eigenvalue weighted by molar-refractivity contribution is 7.93. The van der Waals surface area contributed by atoms with Gasteiger partial charge in [0.15, 0.2) is 0 Å². The number of sulfonamides is 2. The van der Waals surface area contributed by atoms with E-state index >= 15 is 0 Å². The Balaban J connectivity index is 1.51. The normalized spacial score (nSPS) is 11.6. The van der Waals surface area contributed by atoms with Crippen molar-refractivity contribution in [1.82, 2.24) is 0 Å². The number of nitrogens with one attached hydrogen (secondary N) is 2. The van der Waals surface area contributed by atoms with Crippen LogP contribution in [0.4, 0.5) is 11.4 Å². The summed E-state index contributed by atoms with van der Waals surface area (Å²) in [5.74, 6) is 0. The van der Waals surface area contributed by atoms with Crippen LogP contribution in [-0.4, -0.2) is 16.8 Å². The van der Waals surface area contributed by atoms with Crippen LogP contribution in [0.25, 0.3) is 11.1 Å². The van der Waals surface area contributed by atoms with Crippen molar-refractivity contribution in [3.05, 3.63) is 109 Å². The highest BCUT2D eigenvalue weighted by Crippen LogP contribution is 2.25. The highest BCUT2D eigenvalue weighted by Gasteiger charge is 2.16. The minimum absolute atomic E-state index is 0.136. The maximum atomic E-state index is 12.6. The Morgan fingerprint density at radius 1 is 0.406 bits per heavy atom. The van der Waals surface area contributed by atoms with Gasteiger partial charge < -0.3 is 0 Å². The van der Waals surface area contributed by atoms with Gasteiger partial charge in [0.2, 0.25) is 0 Å². The lowest BCUT2D eigenvalue weighted by molar-refractivity contribution is 0.599. The van der Waals surface area contributed by atoms with Crippen LogP contribution in [0.3, 0.4) is 0 Å². The zero-order valence-corrected chi connectivity index (χ0v) is 18.5. The topological polar surface area (TPSA) is 92.3 Å². The minimum atomic E-state index is -3.71. The Morgan fingerprint density at radius 2 is 0.719 bits per heavy atom. The monoisotopic (exact) mass is 464 g/mol.